The van der Waals surface area contributed by atoms with Gasteiger partial charge >= 0.3 is 5.97 Å². The first-order valence-corrected chi connectivity index (χ1v) is 14.8. The molecular weight excluding hydrogens is 616 g/mol. The first-order chi connectivity index (χ1) is 21.1. The summed E-state index contributed by atoms with van der Waals surface area (Å²) in [5, 5.41) is 10.00. The molecular formula is C28H25F6N5O4S. The molecule has 3 aliphatic rings. The molecule has 6 rings (SSSR count). The normalized spacial score (nSPS) is 19.0. The first kappa shape index (κ1) is 30.1. The molecule has 2 aromatic heterocycles. The van der Waals surface area contributed by atoms with Crippen molar-refractivity contribution >= 4 is 28.9 Å². The Balaban J connectivity index is 1.04. The number of ether oxygens (including phenoxy) is 1. The van der Waals surface area contributed by atoms with E-state index >= 15 is 0 Å². The minimum absolute atomic E-state index is 0.0101. The number of rotatable bonds is 9. The topological polar surface area (TPSA) is 98.9 Å². The number of likely N-dealkylation sites (tertiary alicyclic amines) is 1. The van der Waals surface area contributed by atoms with Gasteiger partial charge in [-0.1, -0.05) is 5.16 Å². The number of benzene rings is 1. The van der Waals surface area contributed by atoms with Crippen molar-refractivity contribution in [3.8, 4) is 5.75 Å². The highest BCUT2D eigenvalue weighted by Crippen LogP contribution is 2.37. The zero-order chi connectivity index (χ0) is 31.1. The summed E-state index contributed by atoms with van der Waals surface area (Å²) in [4.78, 5) is 36.0. The van der Waals surface area contributed by atoms with Gasteiger partial charge in [0.05, 0.1) is 22.2 Å². The van der Waals surface area contributed by atoms with Crippen LogP contribution in [0.1, 0.15) is 84.6 Å². The van der Waals surface area contributed by atoms with E-state index in [0.29, 0.717) is 60.9 Å². The van der Waals surface area contributed by atoms with E-state index in [1.165, 1.54) is 16.2 Å². The Morgan fingerprint density at radius 2 is 1.73 bits per heavy atom. The number of nitrogens with zero attached hydrogens (tertiary/aromatic N) is 5. The summed E-state index contributed by atoms with van der Waals surface area (Å²) in [6.45, 7) is 0.0407. The SMILES string of the molecule is O=C(Oc1cc(F)c(C2CC(c3csc(C4CCN(C(=O)Cn5nc(C(F)F)cc5C(F)F)CC4)n3)=NO2)c(F)c1)C1CC1. The summed E-state index contributed by atoms with van der Waals surface area (Å²) in [5.74, 6) is -3.31. The molecule has 2 fully saturated rings. The predicted molar refractivity (Wildman–Crippen MR) is 143 cm³/mol. The highest BCUT2D eigenvalue weighted by Gasteiger charge is 2.34. The van der Waals surface area contributed by atoms with Gasteiger partial charge in [-0.25, -0.2) is 31.3 Å². The van der Waals surface area contributed by atoms with Crippen molar-refractivity contribution in [1.29, 1.82) is 0 Å². The van der Waals surface area contributed by atoms with Gasteiger partial charge in [-0.3, -0.25) is 14.3 Å². The molecule has 3 aromatic rings. The molecule has 1 aliphatic carbocycles. The second kappa shape index (κ2) is 12.2. The summed E-state index contributed by atoms with van der Waals surface area (Å²) in [5.41, 5.74) is -0.977. The van der Waals surface area contributed by atoms with Gasteiger partial charge in [-0.15, -0.1) is 11.3 Å². The molecule has 44 heavy (non-hydrogen) atoms. The van der Waals surface area contributed by atoms with E-state index < -0.39 is 60.4 Å². The number of halogens is 6. The van der Waals surface area contributed by atoms with Crippen LogP contribution in [0.3, 0.4) is 0 Å². The second-order valence-corrected chi connectivity index (χ2v) is 11.7. The van der Waals surface area contributed by atoms with Crippen LogP contribution in [0.25, 0.3) is 0 Å². The van der Waals surface area contributed by atoms with Gasteiger partial charge < -0.3 is 14.5 Å². The summed E-state index contributed by atoms with van der Waals surface area (Å²) in [6, 6.07) is 2.51. The number of aromatic nitrogens is 3. The number of carbonyl (C=O) groups excluding carboxylic acids is 2. The predicted octanol–water partition coefficient (Wildman–Crippen LogP) is 6.08. The van der Waals surface area contributed by atoms with Crippen molar-refractivity contribution in [2.24, 2.45) is 11.1 Å². The van der Waals surface area contributed by atoms with Crippen LogP contribution in [-0.4, -0.2) is 50.3 Å². The third-order valence-electron chi connectivity index (χ3n) is 7.75. The van der Waals surface area contributed by atoms with Crippen LogP contribution in [0.15, 0.2) is 28.7 Å². The lowest BCUT2D eigenvalue weighted by atomic mass is 9.97. The average molecular weight is 642 g/mol. The van der Waals surface area contributed by atoms with Crippen molar-refractivity contribution in [3.05, 3.63) is 62.9 Å². The molecule has 2 aliphatic heterocycles. The van der Waals surface area contributed by atoms with E-state index in [4.69, 9.17) is 9.57 Å². The number of carbonyl (C=O) groups is 2. The fourth-order valence-electron chi connectivity index (χ4n) is 5.20. The van der Waals surface area contributed by atoms with Crippen molar-refractivity contribution in [3.63, 3.8) is 0 Å². The van der Waals surface area contributed by atoms with E-state index in [1.54, 1.807) is 5.38 Å². The lowest BCUT2D eigenvalue weighted by molar-refractivity contribution is -0.136. The summed E-state index contributed by atoms with van der Waals surface area (Å²) >= 11 is 1.37. The largest absolute Gasteiger partial charge is 0.426 e. The van der Waals surface area contributed by atoms with E-state index in [-0.39, 0.29) is 29.6 Å². The zero-order valence-corrected chi connectivity index (χ0v) is 23.7. The number of hydrogen-bond acceptors (Lipinski definition) is 8. The van der Waals surface area contributed by atoms with E-state index in [0.717, 1.165) is 17.1 Å². The fourth-order valence-corrected chi connectivity index (χ4v) is 6.20. The van der Waals surface area contributed by atoms with Gasteiger partial charge in [0.25, 0.3) is 12.9 Å². The van der Waals surface area contributed by atoms with Gasteiger partial charge in [-0.05, 0) is 31.7 Å². The minimum Gasteiger partial charge on any atom is -0.426 e. The van der Waals surface area contributed by atoms with Crippen LogP contribution in [0.2, 0.25) is 0 Å². The number of thiazole rings is 1. The molecule has 1 atom stereocenters. The molecule has 234 valence electrons. The van der Waals surface area contributed by atoms with E-state index in [1.807, 2.05) is 0 Å². The molecule has 4 heterocycles. The van der Waals surface area contributed by atoms with Crippen LogP contribution in [0.5, 0.6) is 5.75 Å². The van der Waals surface area contributed by atoms with Crippen LogP contribution < -0.4 is 4.74 Å². The van der Waals surface area contributed by atoms with Crippen molar-refractivity contribution in [2.75, 3.05) is 13.1 Å². The first-order valence-electron chi connectivity index (χ1n) is 13.9. The molecule has 0 radical (unpaired) electrons. The van der Waals surface area contributed by atoms with Crippen LogP contribution in [-0.2, 0) is 21.0 Å². The Bertz CT molecular complexity index is 1580. The smallest absolute Gasteiger partial charge is 0.314 e. The molecule has 1 saturated heterocycles. The van der Waals surface area contributed by atoms with Crippen molar-refractivity contribution < 1.29 is 45.5 Å². The van der Waals surface area contributed by atoms with Gasteiger partial charge in [0.15, 0.2) is 6.10 Å². The maximum atomic E-state index is 14.8. The monoisotopic (exact) mass is 641 g/mol. The van der Waals surface area contributed by atoms with Gasteiger partial charge in [0.2, 0.25) is 5.91 Å². The van der Waals surface area contributed by atoms with Crippen LogP contribution >= 0.6 is 11.3 Å². The van der Waals surface area contributed by atoms with Gasteiger partial charge in [0, 0.05) is 42.9 Å². The number of alkyl halides is 4. The molecule has 1 saturated carbocycles. The molecule has 0 N–H and O–H groups in total. The number of amides is 1. The maximum Gasteiger partial charge on any atom is 0.314 e. The Morgan fingerprint density at radius 3 is 2.36 bits per heavy atom. The minimum atomic E-state index is -3.06. The molecule has 9 nitrogen and oxygen atoms in total. The number of hydrogen-bond donors (Lipinski definition) is 0. The van der Waals surface area contributed by atoms with Crippen LogP contribution in [0.4, 0.5) is 26.3 Å². The van der Waals surface area contributed by atoms with Gasteiger partial charge in [0.1, 0.15) is 41.0 Å². The highest BCUT2D eigenvalue weighted by atomic mass is 32.1. The fraction of sp³-hybridized carbons (Fsp3) is 0.464. The van der Waals surface area contributed by atoms with Gasteiger partial charge in [-0.2, -0.15) is 5.10 Å². The third kappa shape index (κ3) is 6.30. The lowest BCUT2D eigenvalue weighted by Gasteiger charge is -2.31. The molecule has 0 spiro atoms. The zero-order valence-electron chi connectivity index (χ0n) is 22.9. The Labute approximate surface area is 250 Å². The lowest BCUT2D eigenvalue weighted by Crippen LogP contribution is -2.40. The molecule has 1 aromatic carbocycles. The second-order valence-electron chi connectivity index (χ2n) is 10.8. The van der Waals surface area contributed by atoms with E-state index in [2.05, 4.69) is 15.2 Å². The molecule has 0 bridgehead atoms. The quantitative estimate of drug-likeness (QED) is 0.160. The van der Waals surface area contributed by atoms with Crippen LogP contribution in [0, 0.1) is 17.6 Å². The third-order valence-corrected chi connectivity index (χ3v) is 8.76. The van der Waals surface area contributed by atoms with Crippen molar-refractivity contribution in [1.82, 2.24) is 19.7 Å². The maximum absolute atomic E-state index is 14.8. The van der Waals surface area contributed by atoms with E-state index in [9.17, 15) is 35.9 Å². The summed E-state index contributed by atoms with van der Waals surface area (Å²) in [6.07, 6.45) is -4.61. The molecule has 1 unspecified atom stereocenters. The highest BCUT2D eigenvalue weighted by molar-refractivity contribution is 7.10. The molecule has 1 amide bonds. The number of piperidine rings is 1. The Hall–Kier alpha value is -3.95. The summed E-state index contributed by atoms with van der Waals surface area (Å²) in [7, 11) is 0. The molecule has 16 heteroatoms. The average Bonchev–Trinajstić information content (AvgIpc) is 3.33. The number of oxime groups is 1. The summed E-state index contributed by atoms with van der Waals surface area (Å²) < 4.78 is 87.8. The standard InChI is InChI=1S/C28H25F6N5O4S/c29-16-7-15(42-28(41)14-1-2-14)8-17(30)24(16)22-10-18(37-43-22)20-12-44-27(35-20)13-3-5-38(6-4-13)23(40)11-39-21(26(33)34)9-19(36-39)25(31)32/h7-9,12-14,22,25-26H,1-6,10-11H2. The van der Waals surface area contributed by atoms with Crippen molar-refractivity contribution in [2.45, 2.75) is 63.5 Å². The Kier molecular flexibility index (Phi) is 8.35. The Morgan fingerprint density at radius 1 is 1.02 bits per heavy atom. The number of esters is 1.